The van der Waals surface area contributed by atoms with Crippen molar-refractivity contribution in [3.8, 4) is 11.5 Å². The summed E-state index contributed by atoms with van der Waals surface area (Å²) in [7, 11) is 3.10. The van der Waals surface area contributed by atoms with Gasteiger partial charge in [0.2, 0.25) is 0 Å². The van der Waals surface area contributed by atoms with Gasteiger partial charge in [0.15, 0.2) is 0 Å². The van der Waals surface area contributed by atoms with Crippen molar-refractivity contribution in [3.05, 3.63) is 34.6 Å². The fraction of sp³-hybridized carbons (Fsp3) is 0.182. The maximum atomic E-state index is 11.3. The van der Waals surface area contributed by atoms with E-state index in [0.29, 0.717) is 17.0 Å². The van der Waals surface area contributed by atoms with E-state index in [0.717, 1.165) is 5.39 Å². The molecule has 0 bridgehead atoms. The van der Waals surface area contributed by atoms with E-state index < -0.39 is 0 Å². The average molecular weight is 205 g/mol. The van der Waals surface area contributed by atoms with E-state index in [1.165, 1.54) is 13.2 Å². The van der Waals surface area contributed by atoms with Crippen LogP contribution in [0.15, 0.2) is 29.1 Å². The molecule has 1 aromatic heterocycles. The topological polar surface area (TPSA) is 51.3 Å². The van der Waals surface area contributed by atoms with Gasteiger partial charge in [-0.25, -0.2) is 0 Å². The molecule has 0 spiro atoms. The number of aromatic nitrogens is 1. The Labute approximate surface area is 86.5 Å². The number of para-hydroxylation sites is 1. The maximum Gasteiger partial charge on any atom is 0.252 e. The Bertz CT molecular complexity index is 545. The summed E-state index contributed by atoms with van der Waals surface area (Å²) in [6.07, 6.45) is 0. The zero-order valence-electron chi connectivity index (χ0n) is 8.53. The minimum atomic E-state index is -0.205. The van der Waals surface area contributed by atoms with Crippen molar-refractivity contribution in [2.24, 2.45) is 0 Å². The highest BCUT2D eigenvalue weighted by Crippen LogP contribution is 2.28. The molecule has 4 heteroatoms. The third kappa shape index (κ3) is 1.54. The van der Waals surface area contributed by atoms with E-state index in [1.54, 1.807) is 13.2 Å². The molecule has 15 heavy (non-hydrogen) atoms. The Hall–Kier alpha value is -1.97. The van der Waals surface area contributed by atoms with Gasteiger partial charge in [-0.15, -0.1) is 0 Å². The zero-order valence-corrected chi connectivity index (χ0v) is 8.53. The molecule has 0 atom stereocenters. The van der Waals surface area contributed by atoms with E-state index in [-0.39, 0.29) is 5.56 Å². The summed E-state index contributed by atoms with van der Waals surface area (Å²) in [6, 6.07) is 6.92. The van der Waals surface area contributed by atoms with E-state index in [2.05, 4.69) is 4.98 Å². The average Bonchev–Trinajstić information content (AvgIpc) is 2.27. The molecule has 0 amide bonds. The zero-order chi connectivity index (χ0) is 10.8. The van der Waals surface area contributed by atoms with Crippen LogP contribution in [0.25, 0.3) is 10.9 Å². The van der Waals surface area contributed by atoms with Gasteiger partial charge in [-0.05, 0) is 12.1 Å². The Morgan fingerprint density at radius 2 is 1.87 bits per heavy atom. The van der Waals surface area contributed by atoms with E-state index in [9.17, 15) is 4.79 Å². The molecule has 1 heterocycles. The van der Waals surface area contributed by atoms with Gasteiger partial charge in [-0.1, -0.05) is 6.07 Å². The summed E-state index contributed by atoms with van der Waals surface area (Å²) < 4.78 is 10.3. The molecule has 0 saturated carbocycles. The summed E-state index contributed by atoms with van der Waals surface area (Å²) >= 11 is 0. The highest BCUT2D eigenvalue weighted by Gasteiger charge is 2.07. The van der Waals surface area contributed by atoms with E-state index in [1.807, 2.05) is 12.1 Å². The van der Waals surface area contributed by atoms with Gasteiger partial charge >= 0.3 is 0 Å². The highest BCUT2D eigenvalue weighted by atomic mass is 16.5. The van der Waals surface area contributed by atoms with Crippen molar-refractivity contribution in [1.29, 1.82) is 0 Å². The van der Waals surface area contributed by atoms with E-state index >= 15 is 0 Å². The molecule has 0 radical (unpaired) electrons. The minimum Gasteiger partial charge on any atom is -0.496 e. The van der Waals surface area contributed by atoms with Crippen LogP contribution in [0.1, 0.15) is 0 Å². The molecule has 1 N–H and O–H groups in total. The van der Waals surface area contributed by atoms with Gasteiger partial charge in [0.1, 0.15) is 11.5 Å². The molecule has 1 aromatic carbocycles. The van der Waals surface area contributed by atoms with Crippen molar-refractivity contribution in [2.45, 2.75) is 0 Å². The second-order valence-corrected chi connectivity index (χ2v) is 3.08. The fourth-order valence-corrected chi connectivity index (χ4v) is 1.56. The second kappa shape index (κ2) is 3.65. The van der Waals surface area contributed by atoms with Crippen molar-refractivity contribution in [2.75, 3.05) is 14.2 Å². The van der Waals surface area contributed by atoms with Crippen molar-refractivity contribution < 1.29 is 9.47 Å². The standard InChI is InChI=1S/C11H11NO3/c1-14-8-5-3-4-7-9(15-2)6-10(13)12-11(7)8/h3-6H,1-2H3,(H,12,13). The number of ether oxygens (including phenoxy) is 2. The number of benzene rings is 1. The first-order valence-corrected chi connectivity index (χ1v) is 4.50. The number of pyridine rings is 1. The Balaban J connectivity index is 2.88. The van der Waals surface area contributed by atoms with Gasteiger partial charge in [0.05, 0.1) is 19.7 Å². The third-order valence-corrected chi connectivity index (χ3v) is 2.24. The minimum absolute atomic E-state index is 0.205. The number of nitrogens with one attached hydrogen (secondary N) is 1. The molecule has 78 valence electrons. The number of rotatable bonds is 2. The van der Waals surface area contributed by atoms with Gasteiger partial charge in [-0.3, -0.25) is 4.79 Å². The Kier molecular flexibility index (Phi) is 2.33. The van der Waals surface area contributed by atoms with Crippen molar-refractivity contribution in [3.63, 3.8) is 0 Å². The summed E-state index contributed by atoms with van der Waals surface area (Å²) in [6.45, 7) is 0. The van der Waals surface area contributed by atoms with Gasteiger partial charge in [-0.2, -0.15) is 0 Å². The lowest BCUT2D eigenvalue weighted by molar-refractivity contribution is 0.413. The largest absolute Gasteiger partial charge is 0.496 e. The van der Waals surface area contributed by atoms with Gasteiger partial charge < -0.3 is 14.5 Å². The van der Waals surface area contributed by atoms with Crippen LogP contribution in [-0.2, 0) is 0 Å². The fourth-order valence-electron chi connectivity index (χ4n) is 1.56. The second-order valence-electron chi connectivity index (χ2n) is 3.08. The maximum absolute atomic E-state index is 11.3. The summed E-state index contributed by atoms with van der Waals surface area (Å²) in [5, 5.41) is 0.830. The molecule has 0 aliphatic rings. The highest BCUT2D eigenvalue weighted by molar-refractivity contribution is 5.89. The molecular formula is C11H11NO3. The molecular weight excluding hydrogens is 194 g/mol. The van der Waals surface area contributed by atoms with Crippen LogP contribution in [0.4, 0.5) is 0 Å². The molecule has 0 aliphatic heterocycles. The summed E-state index contributed by atoms with van der Waals surface area (Å²) in [4.78, 5) is 14.1. The number of hydrogen-bond donors (Lipinski definition) is 1. The van der Waals surface area contributed by atoms with E-state index in [4.69, 9.17) is 9.47 Å². The van der Waals surface area contributed by atoms with Crippen LogP contribution in [0.2, 0.25) is 0 Å². The summed E-state index contributed by atoms with van der Waals surface area (Å²) in [5.74, 6) is 1.18. The SMILES string of the molecule is COc1cc(=O)[nH]c2c(OC)cccc12. The number of fused-ring (bicyclic) bond motifs is 1. The molecule has 0 unspecified atom stereocenters. The van der Waals surface area contributed by atoms with Crippen LogP contribution >= 0.6 is 0 Å². The molecule has 0 aliphatic carbocycles. The Morgan fingerprint density at radius 1 is 1.13 bits per heavy atom. The van der Waals surface area contributed by atoms with Crippen LogP contribution in [-0.4, -0.2) is 19.2 Å². The van der Waals surface area contributed by atoms with Crippen LogP contribution in [0.3, 0.4) is 0 Å². The Morgan fingerprint density at radius 3 is 2.53 bits per heavy atom. The quantitative estimate of drug-likeness (QED) is 0.809. The predicted molar refractivity (Wildman–Crippen MR) is 57.7 cm³/mol. The summed E-state index contributed by atoms with van der Waals surface area (Å²) in [5.41, 5.74) is 0.452. The first-order valence-electron chi connectivity index (χ1n) is 4.50. The molecule has 2 aromatic rings. The van der Waals surface area contributed by atoms with Crippen molar-refractivity contribution in [1.82, 2.24) is 4.98 Å². The third-order valence-electron chi connectivity index (χ3n) is 2.24. The predicted octanol–water partition coefficient (Wildman–Crippen LogP) is 1.55. The number of hydrogen-bond acceptors (Lipinski definition) is 3. The normalized spacial score (nSPS) is 10.3. The number of H-pyrrole nitrogens is 1. The first-order chi connectivity index (χ1) is 7.26. The smallest absolute Gasteiger partial charge is 0.252 e. The molecule has 0 fully saturated rings. The van der Waals surface area contributed by atoms with Crippen LogP contribution in [0, 0.1) is 0 Å². The van der Waals surface area contributed by atoms with Crippen LogP contribution in [0.5, 0.6) is 11.5 Å². The molecule has 4 nitrogen and oxygen atoms in total. The van der Waals surface area contributed by atoms with Gasteiger partial charge in [0, 0.05) is 11.5 Å². The molecule has 0 saturated heterocycles. The lowest BCUT2D eigenvalue weighted by Gasteiger charge is -2.07. The van der Waals surface area contributed by atoms with Crippen molar-refractivity contribution >= 4 is 10.9 Å². The number of aromatic amines is 1. The van der Waals surface area contributed by atoms with Gasteiger partial charge in [0.25, 0.3) is 5.56 Å². The van der Waals surface area contributed by atoms with Crippen LogP contribution < -0.4 is 15.0 Å². The molecule has 2 rings (SSSR count). The lowest BCUT2D eigenvalue weighted by atomic mass is 10.2. The monoisotopic (exact) mass is 205 g/mol. The number of methoxy groups -OCH3 is 2. The first kappa shape index (κ1) is 9.58. The lowest BCUT2D eigenvalue weighted by Crippen LogP contribution is -2.05.